The summed E-state index contributed by atoms with van der Waals surface area (Å²) in [5, 5.41) is 3.05. The molecule has 0 aliphatic carbocycles. The van der Waals surface area contributed by atoms with Gasteiger partial charge in [-0.3, -0.25) is 4.79 Å². The van der Waals surface area contributed by atoms with E-state index < -0.39 is 18.0 Å². The minimum Gasteiger partial charge on any atom is -0.495 e. The molecule has 1 fully saturated rings. The molecule has 5 nitrogen and oxygen atoms in total. The lowest BCUT2D eigenvalue weighted by Crippen LogP contribution is -2.44. The molecule has 3 rings (SSSR count). The van der Waals surface area contributed by atoms with Crippen LogP contribution in [0.3, 0.4) is 0 Å². The van der Waals surface area contributed by atoms with E-state index in [4.69, 9.17) is 4.74 Å². The number of halogens is 3. The molecule has 0 saturated carbocycles. The van der Waals surface area contributed by atoms with Crippen molar-refractivity contribution in [2.75, 3.05) is 25.5 Å². The molecule has 0 spiro atoms. The maximum absolute atomic E-state index is 13.1. The zero-order valence-corrected chi connectivity index (χ0v) is 14.8. The third kappa shape index (κ3) is 4.32. The molecule has 2 aromatic rings. The molecule has 1 aromatic heterocycles. The monoisotopic (exact) mass is 379 g/mol. The summed E-state index contributed by atoms with van der Waals surface area (Å²) in [6.07, 6.45) is -2.41. The third-order valence-corrected chi connectivity index (χ3v) is 4.57. The van der Waals surface area contributed by atoms with Crippen LogP contribution in [0.4, 0.5) is 24.7 Å². The molecule has 1 saturated heterocycles. The fourth-order valence-electron chi connectivity index (χ4n) is 3.15. The number of piperidine rings is 1. The number of likely N-dealkylation sites (tertiary alicyclic amines) is 1. The Balaban J connectivity index is 1.84. The van der Waals surface area contributed by atoms with Gasteiger partial charge >= 0.3 is 6.18 Å². The Morgan fingerprint density at radius 2 is 2.04 bits per heavy atom. The average Bonchev–Trinajstić information content (AvgIpc) is 2.68. The predicted octanol–water partition coefficient (Wildman–Crippen LogP) is 4.25. The molecular formula is C19H20F3N3O2. The van der Waals surface area contributed by atoms with Gasteiger partial charge in [0.2, 0.25) is 0 Å². The number of amides is 1. The number of anilines is 2. The van der Waals surface area contributed by atoms with Crippen LogP contribution in [0.2, 0.25) is 0 Å². The van der Waals surface area contributed by atoms with Gasteiger partial charge in [0.25, 0.3) is 5.91 Å². The van der Waals surface area contributed by atoms with E-state index in [1.807, 2.05) is 0 Å². The van der Waals surface area contributed by atoms with Gasteiger partial charge < -0.3 is 15.0 Å². The SMILES string of the molecule is COc1ccccc1Nc1ncccc1C(=O)N1CCCC(C(F)(F)F)C1. The molecule has 144 valence electrons. The third-order valence-electron chi connectivity index (χ3n) is 4.57. The number of alkyl halides is 3. The van der Waals surface area contributed by atoms with Crippen molar-refractivity contribution in [3.8, 4) is 5.75 Å². The van der Waals surface area contributed by atoms with Crippen LogP contribution in [0.25, 0.3) is 0 Å². The molecule has 1 N–H and O–H groups in total. The van der Waals surface area contributed by atoms with Crippen molar-refractivity contribution in [3.05, 3.63) is 48.2 Å². The van der Waals surface area contributed by atoms with Crippen LogP contribution in [0.5, 0.6) is 5.75 Å². The van der Waals surface area contributed by atoms with Gasteiger partial charge in [-0.15, -0.1) is 0 Å². The fraction of sp³-hybridized carbons (Fsp3) is 0.368. The summed E-state index contributed by atoms with van der Waals surface area (Å²) in [7, 11) is 1.52. The van der Waals surface area contributed by atoms with Crippen molar-refractivity contribution in [1.29, 1.82) is 0 Å². The number of ether oxygens (including phenoxy) is 1. The van der Waals surface area contributed by atoms with E-state index in [2.05, 4.69) is 10.3 Å². The van der Waals surface area contributed by atoms with E-state index >= 15 is 0 Å². The van der Waals surface area contributed by atoms with Crippen LogP contribution in [-0.2, 0) is 0 Å². The maximum atomic E-state index is 13.1. The summed E-state index contributed by atoms with van der Waals surface area (Å²) in [6, 6.07) is 10.3. The molecule has 0 bridgehead atoms. The number of rotatable bonds is 4. The highest BCUT2D eigenvalue weighted by Crippen LogP contribution is 2.34. The highest BCUT2D eigenvalue weighted by molar-refractivity contribution is 5.99. The van der Waals surface area contributed by atoms with Crippen LogP contribution in [0.1, 0.15) is 23.2 Å². The Labute approximate surface area is 155 Å². The summed E-state index contributed by atoms with van der Waals surface area (Å²) < 4.78 is 44.4. The second kappa shape index (κ2) is 7.85. The number of benzene rings is 1. The van der Waals surface area contributed by atoms with E-state index in [9.17, 15) is 18.0 Å². The molecule has 1 aliphatic heterocycles. The molecule has 8 heteroatoms. The maximum Gasteiger partial charge on any atom is 0.393 e. The van der Waals surface area contributed by atoms with Crippen molar-refractivity contribution in [2.45, 2.75) is 19.0 Å². The Morgan fingerprint density at radius 1 is 1.26 bits per heavy atom. The van der Waals surface area contributed by atoms with E-state index in [1.165, 1.54) is 18.2 Å². The highest BCUT2D eigenvalue weighted by atomic mass is 19.4. The lowest BCUT2D eigenvalue weighted by molar-refractivity contribution is -0.184. The summed E-state index contributed by atoms with van der Waals surface area (Å²) in [5.41, 5.74) is 0.839. The minimum atomic E-state index is -4.30. The Kier molecular flexibility index (Phi) is 5.53. The first-order valence-electron chi connectivity index (χ1n) is 8.61. The van der Waals surface area contributed by atoms with Gasteiger partial charge in [0.1, 0.15) is 11.6 Å². The van der Waals surface area contributed by atoms with Crippen molar-refractivity contribution < 1.29 is 22.7 Å². The van der Waals surface area contributed by atoms with Crippen molar-refractivity contribution in [3.63, 3.8) is 0 Å². The summed E-state index contributed by atoms with van der Waals surface area (Å²) in [4.78, 5) is 18.3. The molecule has 1 unspecified atom stereocenters. The van der Waals surface area contributed by atoms with Crippen LogP contribution in [-0.4, -0.2) is 42.2 Å². The van der Waals surface area contributed by atoms with Crippen LogP contribution in [0.15, 0.2) is 42.6 Å². The molecule has 1 aliphatic rings. The first kappa shape index (κ1) is 19.0. The minimum absolute atomic E-state index is 0.0483. The van der Waals surface area contributed by atoms with Crippen molar-refractivity contribution in [1.82, 2.24) is 9.88 Å². The topological polar surface area (TPSA) is 54.5 Å². The molecule has 2 heterocycles. The summed E-state index contributed by atoms with van der Waals surface area (Å²) in [5.74, 6) is -1.11. The van der Waals surface area contributed by atoms with Crippen LogP contribution < -0.4 is 10.1 Å². The standard InChI is InChI=1S/C19H20F3N3O2/c1-27-16-9-3-2-8-15(16)24-17-14(7-4-10-23-17)18(26)25-11-5-6-13(12-25)19(20,21)22/h2-4,7-10,13H,5-6,11-12H2,1H3,(H,23,24). The fourth-order valence-corrected chi connectivity index (χ4v) is 3.15. The van der Waals surface area contributed by atoms with Gasteiger partial charge in [-0.25, -0.2) is 4.98 Å². The molecule has 0 radical (unpaired) electrons. The second-order valence-electron chi connectivity index (χ2n) is 6.36. The van der Waals surface area contributed by atoms with E-state index in [0.717, 1.165) is 0 Å². The number of carbonyl (C=O) groups is 1. The number of hydrogen-bond donors (Lipinski definition) is 1. The quantitative estimate of drug-likeness (QED) is 0.863. The van der Waals surface area contributed by atoms with E-state index in [-0.39, 0.29) is 24.3 Å². The number of pyridine rings is 1. The summed E-state index contributed by atoms with van der Waals surface area (Å²) in [6.45, 7) is -0.0280. The van der Waals surface area contributed by atoms with Crippen molar-refractivity contribution >= 4 is 17.4 Å². The normalized spacial score (nSPS) is 17.5. The van der Waals surface area contributed by atoms with E-state index in [1.54, 1.807) is 36.4 Å². The van der Waals surface area contributed by atoms with Gasteiger partial charge in [-0.2, -0.15) is 13.2 Å². The second-order valence-corrected chi connectivity index (χ2v) is 6.36. The number of hydrogen-bond acceptors (Lipinski definition) is 4. The Bertz CT molecular complexity index is 811. The lowest BCUT2D eigenvalue weighted by atomic mass is 9.97. The van der Waals surface area contributed by atoms with Gasteiger partial charge in [0.15, 0.2) is 0 Å². The number of nitrogens with zero attached hydrogens (tertiary/aromatic N) is 2. The smallest absolute Gasteiger partial charge is 0.393 e. The number of methoxy groups -OCH3 is 1. The van der Waals surface area contributed by atoms with Crippen LogP contribution >= 0.6 is 0 Å². The largest absolute Gasteiger partial charge is 0.495 e. The summed E-state index contributed by atoms with van der Waals surface area (Å²) >= 11 is 0. The number of carbonyl (C=O) groups excluding carboxylic acids is 1. The average molecular weight is 379 g/mol. The molecule has 1 atom stereocenters. The zero-order chi connectivity index (χ0) is 19.4. The van der Waals surface area contributed by atoms with E-state index in [0.29, 0.717) is 24.4 Å². The Morgan fingerprint density at radius 3 is 2.78 bits per heavy atom. The van der Waals surface area contributed by atoms with Crippen molar-refractivity contribution in [2.24, 2.45) is 5.92 Å². The van der Waals surface area contributed by atoms with Gasteiger partial charge in [-0.1, -0.05) is 12.1 Å². The number of aromatic nitrogens is 1. The lowest BCUT2D eigenvalue weighted by Gasteiger charge is -2.34. The van der Waals surface area contributed by atoms with Gasteiger partial charge in [-0.05, 0) is 37.1 Å². The molecule has 1 aromatic carbocycles. The van der Waals surface area contributed by atoms with Crippen LogP contribution in [0, 0.1) is 5.92 Å². The molecular weight excluding hydrogens is 359 g/mol. The molecule has 1 amide bonds. The first-order chi connectivity index (χ1) is 12.9. The zero-order valence-electron chi connectivity index (χ0n) is 14.8. The van der Waals surface area contributed by atoms with Gasteiger partial charge in [0.05, 0.1) is 24.3 Å². The predicted molar refractivity (Wildman–Crippen MR) is 95.2 cm³/mol. The number of para-hydroxylation sites is 2. The first-order valence-corrected chi connectivity index (χ1v) is 8.61. The Hall–Kier alpha value is -2.77. The number of nitrogens with one attached hydrogen (secondary N) is 1. The highest BCUT2D eigenvalue weighted by Gasteiger charge is 2.43. The van der Waals surface area contributed by atoms with Gasteiger partial charge in [0, 0.05) is 19.3 Å². The molecule has 27 heavy (non-hydrogen) atoms.